The molecule has 0 amide bonds. The molecule has 30 heavy (non-hydrogen) atoms. The van der Waals surface area contributed by atoms with Crippen molar-refractivity contribution in [2.45, 2.75) is 86.2 Å². The van der Waals surface area contributed by atoms with E-state index in [1.807, 2.05) is 0 Å². The fourth-order valence-electron chi connectivity index (χ4n) is 5.21. The summed E-state index contributed by atoms with van der Waals surface area (Å²) >= 11 is 0. The molecular weight excluding hydrogens is 366 g/mol. The predicted octanol–water partition coefficient (Wildman–Crippen LogP) is 7.75. The Bertz CT molecular complexity index is 920. The number of hydrogen-bond donors (Lipinski definition) is 1. The Morgan fingerprint density at radius 2 is 1.47 bits per heavy atom. The highest BCUT2D eigenvalue weighted by Gasteiger charge is 2.44. The third-order valence-electron chi connectivity index (χ3n) is 7.35. The van der Waals surface area contributed by atoms with Crippen molar-refractivity contribution in [1.82, 2.24) is 0 Å². The van der Waals surface area contributed by atoms with Crippen molar-refractivity contribution in [3.8, 4) is 0 Å². The summed E-state index contributed by atoms with van der Waals surface area (Å²) in [5.74, 6) is 0.875. The average Bonchev–Trinajstić information content (AvgIpc) is 2.72. The number of rotatable bonds is 2. The number of fused-ring (bicyclic) bond motifs is 3. The molecule has 0 saturated heterocycles. The fraction of sp³-hybridized carbons (Fsp3) is 0.571. The summed E-state index contributed by atoms with van der Waals surface area (Å²) in [6.07, 6.45) is 10.8. The van der Waals surface area contributed by atoms with Crippen molar-refractivity contribution in [2.24, 2.45) is 16.2 Å². The lowest BCUT2D eigenvalue weighted by molar-refractivity contribution is 0.105. The van der Waals surface area contributed by atoms with Crippen LogP contribution in [-0.2, 0) is 10.2 Å². The molecule has 2 heteroatoms. The Balaban J connectivity index is 1.66. The van der Waals surface area contributed by atoms with Gasteiger partial charge >= 0.3 is 0 Å². The molecule has 2 atom stereocenters. The summed E-state index contributed by atoms with van der Waals surface area (Å²) in [6.45, 7) is 18.7. The van der Waals surface area contributed by atoms with E-state index >= 15 is 0 Å². The summed E-state index contributed by atoms with van der Waals surface area (Å²) in [5, 5.41) is 3.54. The van der Waals surface area contributed by atoms with Gasteiger partial charge in [-0.3, -0.25) is 0 Å². The van der Waals surface area contributed by atoms with Crippen LogP contribution in [0.3, 0.4) is 0 Å². The molecule has 2 aliphatic carbocycles. The van der Waals surface area contributed by atoms with E-state index in [2.05, 4.69) is 103 Å². The standard InChI is InChI=1S/C28H39NO/c1-25(2,3)19-9-11-20(12-10-19)29-24-18-28(8)16-21(30-24)15-22-23(17-28)27(6,7)14-13-26(22,4)5/h9-12,15,17-18,21,29H,13-14,16H2,1-8H3. The van der Waals surface area contributed by atoms with E-state index in [9.17, 15) is 0 Å². The molecule has 2 bridgehead atoms. The van der Waals surface area contributed by atoms with E-state index in [0.717, 1.165) is 18.0 Å². The number of nitrogens with one attached hydrogen (secondary N) is 1. The third kappa shape index (κ3) is 3.98. The van der Waals surface area contributed by atoms with Crippen molar-refractivity contribution in [3.05, 3.63) is 65.1 Å². The third-order valence-corrected chi connectivity index (χ3v) is 7.35. The highest BCUT2D eigenvalue weighted by atomic mass is 16.5. The quantitative estimate of drug-likeness (QED) is 0.543. The van der Waals surface area contributed by atoms with Crippen molar-refractivity contribution in [3.63, 3.8) is 0 Å². The van der Waals surface area contributed by atoms with E-state index in [4.69, 9.17) is 4.74 Å². The molecule has 0 radical (unpaired) electrons. The summed E-state index contributed by atoms with van der Waals surface area (Å²) in [7, 11) is 0. The number of allylic oxidation sites excluding steroid dienone is 4. The van der Waals surface area contributed by atoms with E-state index in [0.29, 0.717) is 0 Å². The molecule has 4 rings (SSSR count). The number of anilines is 1. The zero-order valence-corrected chi connectivity index (χ0v) is 20.1. The van der Waals surface area contributed by atoms with Crippen LogP contribution >= 0.6 is 0 Å². The van der Waals surface area contributed by atoms with Gasteiger partial charge in [0.2, 0.25) is 0 Å². The van der Waals surface area contributed by atoms with Gasteiger partial charge < -0.3 is 10.1 Å². The maximum absolute atomic E-state index is 6.45. The first-order valence-electron chi connectivity index (χ1n) is 11.5. The highest BCUT2D eigenvalue weighted by Crippen LogP contribution is 2.55. The maximum atomic E-state index is 6.45. The largest absolute Gasteiger partial charge is 0.472 e. The summed E-state index contributed by atoms with van der Waals surface area (Å²) < 4.78 is 6.45. The van der Waals surface area contributed by atoms with Crippen LogP contribution in [0.2, 0.25) is 0 Å². The van der Waals surface area contributed by atoms with Gasteiger partial charge in [-0.05, 0) is 70.1 Å². The first kappa shape index (κ1) is 21.3. The van der Waals surface area contributed by atoms with Gasteiger partial charge in [0, 0.05) is 17.5 Å². The molecule has 1 aromatic carbocycles. The van der Waals surface area contributed by atoms with E-state index < -0.39 is 0 Å². The monoisotopic (exact) mass is 405 g/mol. The van der Waals surface area contributed by atoms with Gasteiger partial charge in [-0.25, -0.2) is 0 Å². The first-order valence-corrected chi connectivity index (χ1v) is 11.5. The Kier molecular flexibility index (Phi) is 4.80. The van der Waals surface area contributed by atoms with Gasteiger partial charge in [-0.1, -0.05) is 73.6 Å². The highest BCUT2D eigenvalue weighted by molar-refractivity contribution is 5.51. The predicted molar refractivity (Wildman–Crippen MR) is 127 cm³/mol. The van der Waals surface area contributed by atoms with Crippen LogP contribution in [0.15, 0.2) is 59.5 Å². The van der Waals surface area contributed by atoms with Gasteiger partial charge in [0.25, 0.3) is 0 Å². The molecule has 1 fully saturated rings. The maximum Gasteiger partial charge on any atom is 0.188 e. The van der Waals surface area contributed by atoms with Crippen LogP contribution in [0.5, 0.6) is 0 Å². The van der Waals surface area contributed by atoms with Gasteiger partial charge in [0.15, 0.2) is 5.88 Å². The minimum Gasteiger partial charge on any atom is -0.472 e. The number of hydrogen-bond acceptors (Lipinski definition) is 2. The zero-order chi connectivity index (χ0) is 21.9. The molecule has 1 N–H and O–H groups in total. The SMILES string of the molecule is CC12C=C(Nc3ccc(C(C)(C)C)cc3)OC(C=C3C(=C1)C(C)(C)CCC3(C)C)C2. The van der Waals surface area contributed by atoms with Crippen LogP contribution in [0.1, 0.15) is 80.2 Å². The second-order valence-electron chi connectivity index (χ2n) is 12.2. The van der Waals surface area contributed by atoms with Gasteiger partial charge in [-0.2, -0.15) is 0 Å². The minimum absolute atomic E-state index is 0.00509. The molecule has 1 saturated carbocycles. The first-order chi connectivity index (χ1) is 13.8. The van der Waals surface area contributed by atoms with Crippen molar-refractivity contribution >= 4 is 5.69 Å². The van der Waals surface area contributed by atoms with Crippen molar-refractivity contribution < 1.29 is 4.74 Å². The van der Waals surface area contributed by atoms with Crippen LogP contribution in [0, 0.1) is 16.2 Å². The minimum atomic E-state index is -0.00509. The molecular formula is C28H39NO. The van der Waals surface area contributed by atoms with Crippen LogP contribution in [-0.4, -0.2) is 6.10 Å². The van der Waals surface area contributed by atoms with Crippen molar-refractivity contribution in [2.75, 3.05) is 5.32 Å². The molecule has 0 spiro atoms. The topological polar surface area (TPSA) is 21.3 Å². The fourth-order valence-corrected chi connectivity index (χ4v) is 5.21. The summed E-state index contributed by atoms with van der Waals surface area (Å²) in [4.78, 5) is 0. The molecule has 3 aliphatic rings. The summed E-state index contributed by atoms with van der Waals surface area (Å²) in [6, 6.07) is 8.75. The Morgan fingerprint density at radius 3 is 2.07 bits per heavy atom. The van der Waals surface area contributed by atoms with E-state index in [1.54, 1.807) is 0 Å². The smallest absolute Gasteiger partial charge is 0.188 e. The molecule has 1 aromatic rings. The van der Waals surface area contributed by atoms with Gasteiger partial charge in [0.1, 0.15) is 6.10 Å². The van der Waals surface area contributed by atoms with Gasteiger partial charge in [-0.15, -0.1) is 0 Å². The lowest BCUT2D eigenvalue weighted by atomic mass is 9.60. The Morgan fingerprint density at radius 1 is 0.867 bits per heavy atom. The van der Waals surface area contributed by atoms with Crippen molar-refractivity contribution in [1.29, 1.82) is 0 Å². The molecule has 2 unspecified atom stereocenters. The van der Waals surface area contributed by atoms with Crippen LogP contribution in [0.4, 0.5) is 5.69 Å². The van der Waals surface area contributed by atoms with Crippen LogP contribution < -0.4 is 5.32 Å². The molecule has 0 aromatic heterocycles. The van der Waals surface area contributed by atoms with Crippen LogP contribution in [0.25, 0.3) is 0 Å². The van der Waals surface area contributed by atoms with E-state index in [1.165, 1.54) is 29.6 Å². The second-order valence-corrected chi connectivity index (χ2v) is 12.2. The molecule has 162 valence electrons. The average molecular weight is 406 g/mol. The van der Waals surface area contributed by atoms with Gasteiger partial charge in [0.05, 0.1) is 0 Å². The lowest BCUT2D eigenvalue weighted by Crippen LogP contribution is -2.32. The van der Waals surface area contributed by atoms with E-state index in [-0.39, 0.29) is 27.8 Å². The Labute approximate surface area is 183 Å². The lowest BCUT2D eigenvalue weighted by Gasteiger charge is -2.44. The summed E-state index contributed by atoms with van der Waals surface area (Å²) in [5.41, 5.74) is 6.02. The molecule has 1 aliphatic heterocycles. The molecule has 2 nitrogen and oxygen atoms in total. The Hall–Kier alpha value is -1.96. The number of benzene rings is 1. The normalized spacial score (nSPS) is 29.5. The number of ether oxygens (including phenoxy) is 1. The molecule has 1 heterocycles. The second kappa shape index (κ2) is 6.77. The zero-order valence-electron chi connectivity index (χ0n) is 20.1.